The number of aryl methyl sites for hydroxylation is 1. The average molecular weight is 284 g/mol. The van der Waals surface area contributed by atoms with Gasteiger partial charge in [-0.15, -0.1) is 0 Å². The number of fused-ring (bicyclic) bond motifs is 1. The Morgan fingerprint density at radius 1 is 1.38 bits per heavy atom. The second-order valence-electron chi connectivity index (χ2n) is 5.08. The van der Waals surface area contributed by atoms with Crippen molar-refractivity contribution in [3.63, 3.8) is 0 Å². The van der Waals surface area contributed by atoms with Gasteiger partial charge < -0.3 is 9.30 Å². The van der Waals surface area contributed by atoms with E-state index in [1.165, 1.54) is 12.1 Å². The highest BCUT2D eigenvalue weighted by Gasteiger charge is 2.13. The summed E-state index contributed by atoms with van der Waals surface area (Å²) in [5.41, 5.74) is 1.52. The predicted octanol–water partition coefficient (Wildman–Crippen LogP) is 2.40. The van der Waals surface area contributed by atoms with Crippen molar-refractivity contribution in [3.05, 3.63) is 45.7 Å². The average Bonchev–Trinajstić information content (AvgIpc) is 2.42. The molecule has 0 saturated carbocycles. The molecule has 0 unspecified atom stereocenters. The van der Waals surface area contributed by atoms with Crippen LogP contribution in [0.25, 0.3) is 10.9 Å². The van der Waals surface area contributed by atoms with E-state index in [1.807, 2.05) is 0 Å². The molecule has 1 aromatic heterocycles. The van der Waals surface area contributed by atoms with Gasteiger partial charge in [0.25, 0.3) is 0 Å². The highest BCUT2D eigenvalue weighted by molar-refractivity contribution is 5.94. The van der Waals surface area contributed by atoms with Crippen LogP contribution < -0.4 is 5.43 Å². The molecule has 0 N–H and O–H groups in total. The molecule has 0 aliphatic carbocycles. The van der Waals surface area contributed by atoms with Gasteiger partial charge in [-0.25, -0.2) is 4.79 Å². The van der Waals surface area contributed by atoms with Crippen LogP contribution in [0.5, 0.6) is 0 Å². The number of pyridine rings is 1. The van der Waals surface area contributed by atoms with Crippen molar-refractivity contribution in [2.45, 2.75) is 33.4 Å². The van der Waals surface area contributed by atoms with Crippen LogP contribution in [0.3, 0.4) is 0 Å². The van der Waals surface area contributed by atoms with Gasteiger partial charge in [-0.3, -0.25) is 4.79 Å². The molecule has 0 radical (unpaired) electrons. The summed E-state index contributed by atoms with van der Waals surface area (Å²) in [5, 5.41) is 9.30. The third-order valence-corrected chi connectivity index (χ3v) is 3.13. The number of carbonyl (C=O) groups is 1. The smallest absolute Gasteiger partial charge is 0.338 e. The van der Waals surface area contributed by atoms with E-state index in [9.17, 15) is 9.59 Å². The number of hydrogen-bond acceptors (Lipinski definition) is 4. The highest BCUT2D eigenvalue weighted by atomic mass is 16.5. The van der Waals surface area contributed by atoms with Crippen molar-refractivity contribution in [1.29, 1.82) is 5.26 Å². The number of nitriles is 1. The van der Waals surface area contributed by atoms with Gasteiger partial charge in [-0.05, 0) is 39.0 Å². The summed E-state index contributed by atoms with van der Waals surface area (Å²) >= 11 is 0. The molecule has 0 amide bonds. The Morgan fingerprint density at radius 2 is 2.10 bits per heavy atom. The van der Waals surface area contributed by atoms with Crippen LogP contribution >= 0.6 is 0 Å². The molecule has 0 bridgehead atoms. The molecule has 0 aliphatic rings. The molecular formula is C16H16N2O3. The first-order valence-electron chi connectivity index (χ1n) is 6.66. The maximum Gasteiger partial charge on any atom is 0.338 e. The predicted molar refractivity (Wildman–Crippen MR) is 79.1 cm³/mol. The molecular weight excluding hydrogens is 268 g/mol. The summed E-state index contributed by atoms with van der Waals surface area (Å²) in [6.07, 6.45) is -0.221. The first-order chi connectivity index (χ1) is 9.93. The van der Waals surface area contributed by atoms with Crippen molar-refractivity contribution in [1.82, 2.24) is 4.57 Å². The maximum absolute atomic E-state index is 12.1. The Labute approximate surface area is 122 Å². The first kappa shape index (κ1) is 14.8. The molecule has 1 heterocycles. The van der Waals surface area contributed by atoms with Crippen LogP contribution in [0, 0.1) is 18.3 Å². The standard InChI is InChI=1S/C16H16N2O3/c1-10(2)21-16(20)12-4-5-14-13(9-12)15(19)8-11(3)18(14)7-6-17/h4-5,8-10H,7H2,1-3H3. The molecule has 0 saturated heterocycles. The number of aromatic nitrogens is 1. The minimum atomic E-state index is -0.460. The van der Waals surface area contributed by atoms with E-state index in [4.69, 9.17) is 10.00 Å². The number of ether oxygens (including phenoxy) is 1. The molecule has 1 aromatic carbocycles. The molecule has 21 heavy (non-hydrogen) atoms. The van der Waals surface area contributed by atoms with E-state index in [-0.39, 0.29) is 18.1 Å². The highest BCUT2D eigenvalue weighted by Crippen LogP contribution is 2.16. The molecule has 2 aromatic rings. The zero-order chi connectivity index (χ0) is 15.6. The van der Waals surface area contributed by atoms with Gasteiger partial charge in [0.05, 0.1) is 23.3 Å². The Bertz CT molecular complexity index is 797. The summed E-state index contributed by atoms with van der Waals surface area (Å²) in [6.45, 7) is 5.46. The van der Waals surface area contributed by atoms with E-state index in [0.29, 0.717) is 22.2 Å². The van der Waals surface area contributed by atoms with Crippen molar-refractivity contribution in [2.24, 2.45) is 0 Å². The topological polar surface area (TPSA) is 72.1 Å². The SMILES string of the molecule is Cc1cc(=O)c2cc(C(=O)OC(C)C)ccc2n1CC#N. The largest absolute Gasteiger partial charge is 0.459 e. The first-order valence-corrected chi connectivity index (χ1v) is 6.66. The van der Waals surface area contributed by atoms with Crippen LogP contribution in [-0.2, 0) is 11.3 Å². The zero-order valence-corrected chi connectivity index (χ0v) is 12.2. The fourth-order valence-corrected chi connectivity index (χ4v) is 2.19. The summed E-state index contributed by atoms with van der Waals surface area (Å²) in [5.74, 6) is -0.460. The third-order valence-electron chi connectivity index (χ3n) is 3.13. The van der Waals surface area contributed by atoms with Crippen LogP contribution in [0.4, 0.5) is 0 Å². The Balaban J connectivity index is 2.62. The Hall–Kier alpha value is -2.61. The van der Waals surface area contributed by atoms with E-state index >= 15 is 0 Å². The van der Waals surface area contributed by atoms with Crippen molar-refractivity contribution in [2.75, 3.05) is 0 Å². The van der Waals surface area contributed by atoms with Gasteiger partial charge in [-0.2, -0.15) is 5.26 Å². The Kier molecular flexibility index (Phi) is 4.08. The molecule has 0 atom stereocenters. The molecule has 2 rings (SSSR count). The van der Waals surface area contributed by atoms with E-state index in [2.05, 4.69) is 6.07 Å². The lowest BCUT2D eigenvalue weighted by Gasteiger charge is -2.12. The quantitative estimate of drug-likeness (QED) is 0.811. The van der Waals surface area contributed by atoms with Gasteiger partial charge in [-0.1, -0.05) is 0 Å². The van der Waals surface area contributed by atoms with Crippen LogP contribution in [0.15, 0.2) is 29.1 Å². The number of benzene rings is 1. The third kappa shape index (κ3) is 2.95. The van der Waals surface area contributed by atoms with Crippen molar-refractivity contribution in [3.8, 4) is 6.07 Å². The van der Waals surface area contributed by atoms with Crippen molar-refractivity contribution < 1.29 is 9.53 Å². The fourth-order valence-electron chi connectivity index (χ4n) is 2.19. The van der Waals surface area contributed by atoms with Crippen LogP contribution in [-0.4, -0.2) is 16.6 Å². The van der Waals surface area contributed by atoms with Gasteiger partial charge >= 0.3 is 5.97 Å². The maximum atomic E-state index is 12.1. The number of hydrogen-bond donors (Lipinski definition) is 0. The minimum Gasteiger partial charge on any atom is -0.459 e. The molecule has 5 nitrogen and oxygen atoms in total. The summed E-state index contributed by atoms with van der Waals surface area (Å²) < 4.78 is 6.87. The zero-order valence-electron chi connectivity index (χ0n) is 12.2. The van der Waals surface area contributed by atoms with Gasteiger partial charge in [0.1, 0.15) is 6.54 Å². The lowest BCUT2D eigenvalue weighted by molar-refractivity contribution is 0.0378. The molecule has 0 aliphatic heterocycles. The van der Waals surface area contributed by atoms with Gasteiger partial charge in [0.15, 0.2) is 5.43 Å². The summed E-state index contributed by atoms with van der Waals surface area (Å²) in [6, 6.07) is 8.35. The fraction of sp³-hybridized carbons (Fsp3) is 0.312. The second kappa shape index (κ2) is 5.80. The molecule has 5 heteroatoms. The Morgan fingerprint density at radius 3 is 2.71 bits per heavy atom. The molecule has 0 fully saturated rings. The molecule has 108 valence electrons. The summed E-state index contributed by atoms with van der Waals surface area (Å²) in [7, 11) is 0. The monoisotopic (exact) mass is 284 g/mol. The van der Waals surface area contributed by atoms with Gasteiger partial charge in [0, 0.05) is 17.1 Å². The summed E-state index contributed by atoms with van der Waals surface area (Å²) in [4.78, 5) is 24.0. The van der Waals surface area contributed by atoms with E-state index < -0.39 is 5.97 Å². The van der Waals surface area contributed by atoms with Crippen molar-refractivity contribution >= 4 is 16.9 Å². The number of rotatable bonds is 3. The molecule has 0 spiro atoms. The second-order valence-corrected chi connectivity index (χ2v) is 5.08. The number of carbonyl (C=O) groups excluding carboxylic acids is 1. The number of nitrogens with zero attached hydrogens (tertiary/aromatic N) is 2. The lowest BCUT2D eigenvalue weighted by Crippen LogP contribution is -2.15. The van der Waals surface area contributed by atoms with Crippen LogP contribution in [0.2, 0.25) is 0 Å². The normalized spacial score (nSPS) is 10.6. The lowest BCUT2D eigenvalue weighted by atomic mass is 10.1. The number of esters is 1. The minimum absolute atomic E-state index is 0.151. The van der Waals surface area contributed by atoms with E-state index in [0.717, 1.165) is 0 Å². The van der Waals surface area contributed by atoms with Gasteiger partial charge in [0.2, 0.25) is 0 Å². The van der Waals surface area contributed by atoms with Crippen LogP contribution in [0.1, 0.15) is 29.9 Å². The van der Waals surface area contributed by atoms with E-state index in [1.54, 1.807) is 37.5 Å².